The number of benzene rings is 3. The van der Waals surface area contributed by atoms with Gasteiger partial charge in [-0.1, -0.05) is 91.0 Å². The van der Waals surface area contributed by atoms with Crippen molar-refractivity contribution in [1.29, 1.82) is 0 Å². The molecule has 0 atom stereocenters. The fourth-order valence-corrected chi connectivity index (χ4v) is 4.74. The summed E-state index contributed by atoms with van der Waals surface area (Å²) >= 11 is 0. The third-order valence-corrected chi connectivity index (χ3v) is 6.02. The highest BCUT2D eigenvalue weighted by molar-refractivity contribution is 7.63. The highest BCUT2D eigenvalue weighted by Gasteiger charge is 2.31. The van der Waals surface area contributed by atoms with Crippen molar-refractivity contribution >= 4 is 26.0 Å². The molecule has 0 radical (unpaired) electrons. The lowest BCUT2D eigenvalue weighted by Gasteiger charge is -2.29. The summed E-state index contributed by atoms with van der Waals surface area (Å²) in [7, 11) is -0.836. The number of rotatable bonds is 5. The van der Waals surface area contributed by atoms with Crippen LogP contribution in [0.1, 0.15) is 11.1 Å². The molecule has 2 nitrogen and oxygen atoms in total. The van der Waals surface area contributed by atoms with E-state index in [4.69, 9.17) is 9.53 Å². The Morgan fingerprint density at radius 3 is 1.46 bits per heavy atom. The van der Waals surface area contributed by atoms with Crippen LogP contribution in [-0.2, 0) is 12.8 Å². The fourth-order valence-electron chi connectivity index (χ4n) is 3.29. The lowest BCUT2D eigenvalue weighted by molar-refractivity contribution is 0.591. The second-order valence-electron chi connectivity index (χ2n) is 6.67. The van der Waals surface area contributed by atoms with E-state index in [9.17, 15) is 0 Å². The average Bonchev–Trinajstić information content (AvgIpc) is 2.71. The van der Waals surface area contributed by atoms with E-state index >= 15 is 0 Å². The number of nitrogens with zero attached hydrogens (tertiary/aromatic N) is 2. The van der Waals surface area contributed by atoms with E-state index in [-0.39, 0.29) is 5.41 Å². The predicted molar refractivity (Wildman–Crippen MR) is 113 cm³/mol. The summed E-state index contributed by atoms with van der Waals surface area (Å²) < 4.78 is 9.78. The third-order valence-electron chi connectivity index (χ3n) is 4.59. The van der Waals surface area contributed by atoms with Crippen LogP contribution in [0.3, 0.4) is 0 Å². The van der Waals surface area contributed by atoms with E-state index in [1.165, 1.54) is 16.4 Å². The van der Waals surface area contributed by atoms with E-state index in [0.29, 0.717) is 0 Å². The molecule has 0 amide bonds. The third kappa shape index (κ3) is 3.98. The Balaban J connectivity index is 1.63. The molecule has 128 valence electrons. The van der Waals surface area contributed by atoms with Gasteiger partial charge < -0.3 is 0 Å². The highest BCUT2D eigenvalue weighted by atomic mass is 31.1. The molecule has 3 heteroatoms. The summed E-state index contributed by atoms with van der Waals surface area (Å²) in [6.07, 6.45) is 6.12. The molecule has 0 aliphatic carbocycles. The molecule has 1 heterocycles. The van der Waals surface area contributed by atoms with Crippen molar-refractivity contribution in [2.45, 2.75) is 12.8 Å². The van der Waals surface area contributed by atoms with Crippen molar-refractivity contribution in [3.63, 3.8) is 0 Å². The molecule has 1 aliphatic heterocycles. The van der Waals surface area contributed by atoms with Gasteiger partial charge in [-0.15, -0.1) is 0 Å². The normalized spacial score (nSPS) is 15.8. The van der Waals surface area contributed by atoms with Gasteiger partial charge in [0, 0.05) is 23.1 Å². The molecule has 0 bridgehead atoms. The monoisotopic (exact) mass is 356 g/mol. The Morgan fingerprint density at radius 1 is 0.577 bits per heavy atom. The lowest BCUT2D eigenvalue weighted by Crippen LogP contribution is -2.32. The van der Waals surface area contributed by atoms with Crippen LogP contribution in [0.15, 0.2) is 101 Å². The average molecular weight is 356 g/mol. The van der Waals surface area contributed by atoms with Crippen LogP contribution in [0.4, 0.5) is 0 Å². The van der Waals surface area contributed by atoms with Gasteiger partial charge in [0.25, 0.3) is 0 Å². The van der Waals surface area contributed by atoms with Gasteiger partial charge in [0.15, 0.2) is 8.22 Å². The molecular weight excluding hydrogens is 335 g/mol. The molecule has 26 heavy (non-hydrogen) atoms. The first-order chi connectivity index (χ1) is 12.8. The molecular formula is C23H21N2P. The Hall–Kier alpha value is -2.57. The van der Waals surface area contributed by atoms with Gasteiger partial charge in [-0.25, -0.2) is 9.53 Å². The van der Waals surface area contributed by atoms with Crippen LogP contribution in [0.2, 0.25) is 0 Å². The van der Waals surface area contributed by atoms with Crippen LogP contribution in [0.25, 0.3) is 0 Å². The fraction of sp³-hybridized carbons (Fsp3) is 0.130. The maximum atomic E-state index is 4.89. The van der Waals surface area contributed by atoms with Gasteiger partial charge in [0.05, 0.1) is 0 Å². The SMILES string of the molecule is C1=NP(c2ccccc2)N=CC1(Cc1ccccc1)Cc1ccccc1. The first kappa shape index (κ1) is 16.9. The maximum absolute atomic E-state index is 4.89. The van der Waals surface area contributed by atoms with Crippen molar-refractivity contribution in [3.8, 4) is 0 Å². The minimum absolute atomic E-state index is 0.170. The van der Waals surface area contributed by atoms with Gasteiger partial charge in [-0.05, 0) is 24.0 Å². The molecule has 0 fully saturated rings. The lowest BCUT2D eigenvalue weighted by atomic mass is 9.78. The van der Waals surface area contributed by atoms with Gasteiger partial charge in [0.1, 0.15) is 0 Å². The summed E-state index contributed by atoms with van der Waals surface area (Å²) in [5.41, 5.74) is 2.45. The van der Waals surface area contributed by atoms with Crippen molar-refractivity contribution < 1.29 is 0 Å². The first-order valence-electron chi connectivity index (χ1n) is 8.86. The van der Waals surface area contributed by atoms with Crippen LogP contribution in [0, 0.1) is 5.41 Å². The summed E-state index contributed by atoms with van der Waals surface area (Å²) in [5.74, 6) is 0. The Morgan fingerprint density at radius 2 is 1.00 bits per heavy atom. The Bertz CT molecular complexity index is 832. The van der Waals surface area contributed by atoms with Crippen LogP contribution in [0.5, 0.6) is 0 Å². The first-order valence-corrected chi connectivity index (χ1v) is 10.1. The summed E-state index contributed by atoms with van der Waals surface area (Å²) in [5, 5.41) is 1.20. The van der Waals surface area contributed by atoms with E-state index in [0.717, 1.165) is 12.8 Å². The zero-order chi connectivity index (χ0) is 17.7. The topological polar surface area (TPSA) is 24.7 Å². The molecule has 0 saturated heterocycles. The second-order valence-corrected chi connectivity index (χ2v) is 8.23. The smallest absolute Gasteiger partial charge is 0.167 e. The molecule has 0 spiro atoms. The molecule has 3 aromatic carbocycles. The zero-order valence-electron chi connectivity index (χ0n) is 14.6. The van der Waals surface area contributed by atoms with Crippen molar-refractivity contribution in [2.75, 3.05) is 0 Å². The zero-order valence-corrected chi connectivity index (χ0v) is 15.5. The minimum Gasteiger partial charge on any atom is -0.244 e. The van der Waals surface area contributed by atoms with E-state index < -0.39 is 8.22 Å². The standard InChI is InChI=1S/C23H21N2P/c1-4-10-20(11-5-1)16-23(17-21-12-6-2-7-13-21)18-24-26(25-19-23)22-14-8-3-9-15-22/h1-15,18-19H,16-17H2. The van der Waals surface area contributed by atoms with Crippen molar-refractivity contribution in [2.24, 2.45) is 14.9 Å². The Labute approximate surface area is 156 Å². The summed E-state index contributed by atoms with van der Waals surface area (Å²) in [4.78, 5) is 0. The summed E-state index contributed by atoms with van der Waals surface area (Å²) in [6, 6.07) is 31.6. The molecule has 0 N–H and O–H groups in total. The van der Waals surface area contributed by atoms with Gasteiger partial charge in [-0.2, -0.15) is 0 Å². The van der Waals surface area contributed by atoms with Crippen LogP contribution in [-0.4, -0.2) is 12.4 Å². The van der Waals surface area contributed by atoms with E-state index in [2.05, 4.69) is 97.4 Å². The van der Waals surface area contributed by atoms with Crippen molar-refractivity contribution in [1.82, 2.24) is 0 Å². The molecule has 0 saturated carbocycles. The molecule has 4 rings (SSSR count). The predicted octanol–water partition coefficient (Wildman–Crippen LogP) is 5.25. The number of hydrogen-bond acceptors (Lipinski definition) is 2. The minimum atomic E-state index is -0.836. The molecule has 1 aliphatic rings. The largest absolute Gasteiger partial charge is 0.244 e. The second kappa shape index (κ2) is 7.76. The number of hydrogen-bond donors (Lipinski definition) is 0. The molecule has 3 aromatic rings. The summed E-state index contributed by atoms with van der Waals surface area (Å²) in [6.45, 7) is 0. The molecule has 0 unspecified atom stereocenters. The van der Waals surface area contributed by atoms with Gasteiger partial charge in [-0.3, -0.25) is 0 Å². The maximum Gasteiger partial charge on any atom is 0.167 e. The van der Waals surface area contributed by atoms with E-state index in [1.54, 1.807) is 0 Å². The van der Waals surface area contributed by atoms with E-state index in [1.807, 2.05) is 6.07 Å². The van der Waals surface area contributed by atoms with Crippen molar-refractivity contribution in [3.05, 3.63) is 102 Å². The Kier molecular flexibility index (Phi) is 5.04. The van der Waals surface area contributed by atoms with Crippen LogP contribution < -0.4 is 5.30 Å². The quantitative estimate of drug-likeness (QED) is 0.558. The van der Waals surface area contributed by atoms with Gasteiger partial charge >= 0.3 is 0 Å². The highest BCUT2D eigenvalue weighted by Crippen LogP contribution is 2.42. The van der Waals surface area contributed by atoms with Crippen LogP contribution >= 0.6 is 8.22 Å². The van der Waals surface area contributed by atoms with Gasteiger partial charge in [0.2, 0.25) is 0 Å². The molecule has 0 aromatic heterocycles.